The number of imidazole rings is 1. The number of likely N-dealkylation sites (tertiary alicyclic amines) is 1. The molecule has 6 rings (SSSR count). The monoisotopic (exact) mass is 527 g/mol. The van der Waals surface area contributed by atoms with Crippen LogP contribution >= 0.6 is 0 Å². The number of anilines is 1. The predicted octanol–water partition coefficient (Wildman–Crippen LogP) is 4.50. The molecule has 3 aromatic rings. The summed E-state index contributed by atoms with van der Waals surface area (Å²) in [5.41, 5.74) is 3.84. The fourth-order valence-corrected chi connectivity index (χ4v) is 6.91. The Morgan fingerprint density at radius 2 is 1.87 bits per heavy atom. The van der Waals surface area contributed by atoms with Crippen molar-refractivity contribution in [3.05, 3.63) is 77.9 Å². The van der Waals surface area contributed by atoms with Gasteiger partial charge < -0.3 is 24.8 Å². The first-order valence-electron chi connectivity index (χ1n) is 14.1. The number of carbonyl (C=O) groups is 2. The van der Waals surface area contributed by atoms with Crippen LogP contribution in [0.15, 0.2) is 60.9 Å². The van der Waals surface area contributed by atoms with Gasteiger partial charge in [-0.05, 0) is 62.1 Å². The molecule has 2 aliphatic heterocycles. The number of fused-ring (bicyclic) bond motifs is 3. The molecule has 5 atom stereocenters. The third kappa shape index (κ3) is 4.82. The highest BCUT2D eigenvalue weighted by atomic mass is 16.5. The van der Waals surface area contributed by atoms with Crippen LogP contribution in [0.25, 0.3) is 5.69 Å². The number of hydrogen-bond acceptors (Lipinski definition) is 5. The molecule has 39 heavy (non-hydrogen) atoms. The van der Waals surface area contributed by atoms with E-state index in [1.807, 2.05) is 48.0 Å². The number of rotatable bonds is 6. The van der Waals surface area contributed by atoms with E-state index in [1.165, 1.54) is 5.56 Å². The van der Waals surface area contributed by atoms with Crippen LogP contribution in [0, 0.1) is 18.8 Å². The summed E-state index contributed by atoms with van der Waals surface area (Å²) in [5, 5.41) is 6.89. The Balaban J connectivity index is 1.19. The third-order valence-electron chi connectivity index (χ3n) is 8.84. The Morgan fingerprint density at radius 1 is 1.08 bits per heavy atom. The highest BCUT2D eigenvalue weighted by Crippen LogP contribution is 2.47. The van der Waals surface area contributed by atoms with Gasteiger partial charge in [0.25, 0.3) is 5.91 Å². The minimum absolute atomic E-state index is 0.0348. The van der Waals surface area contributed by atoms with Crippen molar-refractivity contribution in [1.82, 2.24) is 19.8 Å². The minimum Gasteiger partial charge on any atom is -0.383 e. The average molecular weight is 528 g/mol. The van der Waals surface area contributed by atoms with Gasteiger partial charge in [0.15, 0.2) is 0 Å². The molecule has 1 saturated heterocycles. The SMILES string of the molecule is COC[C@@H]1Nc2ccccc2[C@H]2[C@H]1CCN2C(=O)[C@H]1CCCC[C@H]1NC(=O)c1ccc(-n2ccnc2C)cc1. The first-order chi connectivity index (χ1) is 19.0. The zero-order valence-corrected chi connectivity index (χ0v) is 22.7. The van der Waals surface area contributed by atoms with E-state index < -0.39 is 0 Å². The van der Waals surface area contributed by atoms with Crippen molar-refractivity contribution < 1.29 is 14.3 Å². The fourth-order valence-electron chi connectivity index (χ4n) is 6.91. The summed E-state index contributed by atoms with van der Waals surface area (Å²) < 4.78 is 7.52. The molecule has 1 saturated carbocycles. The lowest BCUT2D eigenvalue weighted by atomic mass is 9.81. The van der Waals surface area contributed by atoms with Crippen LogP contribution in [-0.2, 0) is 9.53 Å². The van der Waals surface area contributed by atoms with Crippen molar-refractivity contribution in [3.8, 4) is 5.69 Å². The van der Waals surface area contributed by atoms with E-state index in [2.05, 4.69) is 38.7 Å². The van der Waals surface area contributed by atoms with E-state index in [4.69, 9.17) is 4.74 Å². The first-order valence-corrected chi connectivity index (χ1v) is 14.1. The number of para-hydroxylation sites is 1. The molecule has 3 heterocycles. The average Bonchev–Trinajstić information content (AvgIpc) is 3.60. The molecule has 0 radical (unpaired) electrons. The number of nitrogens with one attached hydrogen (secondary N) is 2. The molecule has 8 heteroatoms. The molecule has 2 amide bonds. The van der Waals surface area contributed by atoms with Gasteiger partial charge in [0.2, 0.25) is 5.91 Å². The molecule has 1 aromatic heterocycles. The second-order valence-electron chi connectivity index (χ2n) is 11.1. The van der Waals surface area contributed by atoms with Crippen LogP contribution in [-0.4, -0.2) is 58.6 Å². The molecule has 3 aliphatic rings. The van der Waals surface area contributed by atoms with Crippen molar-refractivity contribution in [1.29, 1.82) is 0 Å². The van der Waals surface area contributed by atoms with E-state index >= 15 is 0 Å². The van der Waals surface area contributed by atoms with Gasteiger partial charge in [0.1, 0.15) is 5.82 Å². The Morgan fingerprint density at radius 3 is 2.64 bits per heavy atom. The van der Waals surface area contributed by atoms with Crippen LogP contribution in [0.2, 0.25) is 0 Å². The summed E-state index contributed by atoms with van der Waals surface area (Å²) >= 11 is 0. The van der Waals surface area contributed by atoms with Gasteiger partial charge in [0, 0.05) is 54.9 Å². The number of aromatic nitrogens is 2. The maximum absolute atomic E-state index is 14.2. The Bertz CT molecular complexity index is 1340. The van der Waals surface area contributed by atoms with Crippen LogP contribution in [0.4, 0.5) is 5.69 Å². The largest absolute Gasteiger partial charge is 0.383 e. The smallest absolute Gasteiger partial charge is 0.251 e. The zero-order chi connectivity index (χ0) is 26.9. The normalized spacial score (nSPS) is 25.9. The topological polar surface area (TPSA) is 88.5 Å². The van der Waals surface area contributed by atoms with Crippen molar-refractivity contribution in [2.24, 2.45) is 11.8 Å². The molecular formula is C31H37N5O3. The summed E-state index contributed by atoms with van der Waals surface area (Å²) in [4.78, 5) is 33.9. The molecule has 2 fully saturated rings. The van der Waals surface area contributed by atoms with E-state index in [9.17, 15) is 9.59 Å². The van der Waals surface area contributed by atoms with Gasteiger partial charge in [-0.1, -0.05) is 31.0 Å². The Labute approximate surface area is 229 Å². The van der Waals surface area contributed by atoms with Crippen LogP contribution in [0.5, 0.6) is 0 Å². The number of methoxy groups -OCH3 is 1. The molecule has 1 aliphatic carbocycles. The summed E-state index contributed by atoms with van der Waals surface area (Å²) in [6, 6.07) is 15.9. The van der Waals surface area contributed by atoms with Crippen molar-refractivity contribution in [3.63, 3.8) is 0 Å². The standard InChI is InChI=1S/C31H37N5O3/c1-20-32-16-18-35(20)22-13-11-21(12-14-22)30(37)34-27-10-6-4-8-25(27)31(38)36-17-15-24-28(19-39-2)33-26-9-5-3-7-23(26)29(24)36/h3,5,7,9,11-14,16,18,24-25,27-29,33H,4,6,8,10,15,17,19H2,1-2H3,(H,34,37)/t24-,25-,27+,28-,29-/m0/s1. The predicted molar refractivity (Wildman–Crippen MR) is 150 cm³/mol. The van der Waals surface area contributed by atoms with Gasteiger partial charge in [-0.15, -0.1) is 0 Å². The molecule has 0 unspecified atom stereocenters. The molecule has 2 aromatic carbocycles. The first kappa shape index (κ1) is 25.6. The number of nitrogens with zero attached hydrogens (tertiary/aromatic N) is 3. The van der Waals surface area contributed by atoms with Crippen molar-refractivity contribution in [2.75, 3.05) is 25.6 Å². The summed E-state index contributed by atoms with van der Waals surface area (Å²) in [5.74, 6) is 1.03. The molecule has 0 bridgehead atoms. The number of amides is 2. The lowest BCUT2D eigenvalue weighted by Crippen LogP contribution is -2.50. The van der Waals surface area contributed by atoms with Gasteiger partial charge in [-0.2, -0.15) is 0 Å². The van der Waals surface area contributed by atoms with Gasteiger partial charge in [0.05, 0.1) is 24.6 Å². The lowest BCUT2D eigenvalue weighted by Gasteiger charge is -2.41. The Kier molecular flexibility index (Phi) is 7.12. The number of ether oxygens (including phenoxy) is 1. The van der Waals surface area contributed by atoms with Crippen molar-refractivity contribution in [2.45, 2.75) is 57.2 Å². The highest BCUT2D eigenvalue weighted by molar-refractivity contribution is 5.95. The van der Waals surface area contributed by atoms with Crippen molar-refractivity contribution >= 4 is 17.5 Å². The van der Waals surface area contributed by atoms with E-state index in [-0.39, 0.29) is 35.9 Å². The fraction of sp³-hybridized carbons (Fsp3) is 0.452. The summed E-state index contributed by atoms with van der Waals surface area (Å²) in [6.07, 6.45) is 8.26. The zero-order valence-electron chi connectivity index (χ0n) is 22.7. The molecular weight excluding hydrogens is 490 g/mol. The quantitative estimate of drug-likeness (QED) is 0.493. The van der Waals surface area contributed by atoms with Crippen LogP contribution in [0.1, 0.15) is 59.9 Å². The van der Waals surface area contributed by atoms with Gasteiger partial charge in [-0.25, -0.2) is 4.98 Å². The number of aryl methyl sites for hydroxylation is 1. The molecule has 8 nitrogen and oxygen atoms in total. The number of carbonyl (C=O) groups excluding carboxylic acids is 2. The van der Waals surface area contributed by atoms with Gasteiger partial charge in [-0.3, -0.25) is 9.59 Å². The third-order valence-corrected chi connectivity index (χ3v) is 8.84. The van der Waals surface area contributed by atoms with E-state index in [1.54, 1.807) is 13.3 Å². The highest BCUT2D eigenvalue weighted by Gasteiger charge is 2.48. The molecule has 2 N–H and O–H groups in total. The maximum Gasteiger partial charge on any atom is 0.251 e. The second kappa shape index (κ2) is 10.8. The molecule has 204 valence electrons. The van der Waals surface area contributed by atoms with E-state index in [0.717, 1.165) is 55.8 Å². The molecule has 0 spiro atoms. The number of hydrogen-bond donors (Lipinski definition) is 2. The summed E-state index contributed by atoms with van der Waals surface area (Å²) in [6.45, 7) is 3.29. The van der Waals surface area contributed by atoms with Gasteiger partial charge >= 0.3 is 0 Å². The van der Waals surface area contributed by atoms with Crippen LogP contribution in [0.3, 0.4) is 0 Å². The maximum atomic E-state index is 14.2. The van der Waals surface area contributed by atoms with E-state index in [0.29, 0.717) is 18.1 Å². The van der Waals surface area contributed by atoms with Crippen LogP contribution < -0.4 is 10.6 Å². The second-order valence-corrected chi connectivity index (χ2v) is 11.1. The summed E-state index contributed by atoms with van der Waals surface area (Å²) in [7, 11) is 1.73. The Hall–Kier alpha value is -3.65. The number of benzene rings is 2. The minimum atomic E-state index is -0.211. The lowest BCUT2D eigenvalue weighted by molar-refractivity contribution is -0.139.